The highest BCUT2D eigenvalue weighted by Gasteiger charge is 2.57. The van der Waals surface area contributed by atoms with Crippen LogP contribution in [0, 0.1) is 17.8 Å². The first kappa shape index (κ1) is 27.8. The molecule has 2 aliphatic heterocycles. The number of amides is 2. The number of halogens is 1. The Morgan fingerprint density at radius 3 is 2.37 bits per heavy atom. The van der Waals surface area contributed by atoms with Crippen molar-refractivity contribution in [1.29, 1.82) is 0 Å². The molecule has 9 nitrogen and oxygen atoms in total. The lowest BCUT2D eigenvalue weighted by molar-refractivity contribution is -0.123. The van der Waals surface area contributed by atoms with Crippen LogP contribution in [-0.2, 0) is 23.9 Å². The summed E-state index contributed by atoms with van der Waals surface area (Å²) in [4.78, 5) is 58.3. The van der Waals surface area contributed by atoms with E-state index in [4.69, 9.17) is 9.47 Å². The minimum Gasteiger partial charge on any atom is -0.507 e. The van der Waals surface area contributed by atoms with Gasteiger partial charge in [0.2, 0.25) is 11.8 Å². The van der Waals surface area contributed by atoms with Gasteiger partial charge in [0.25, 0.3) is 0 Å². The fraction of sp³-hybridized carbons (Fsp3) is 0.333. The summed E-state index contributed by atoms with van der Waals surface area (Å²) in [5, 5.41) is 11.1. The van der Waals surface area contributed by atoms with E-state index >= 15 is 0 Å². The Kier molecular flexibility index (Phi) is 6.85. The van der Waals surface area contributed by atoms with Crippen LogP contribution in [0.1, 0.15) is 24.3 Å². The minimum atomic E-state index is -0.737. The van der Waals surface area contributed by atoms with Gasteiger partial charge in [-0.3, -0.25) is 24.1 Å². The minimum absolute atomic E-state index is 0.0791. The number of phenols is 1. The number of nitrogens with zero attached hydrogens (tertiary/aromatic N) is 2. The number of ether oxygens (including phenoxy) is 2. The zero-order chi connectivity index (χ0) is 30.0. The van der Waals surface area contributed by atoms with E-state index in [9.17, 15) is 24.3 Å². The molecule has 2 aromatic rings. The van der Waals surface area contributed by atoms with Crippen LogP contribution < -0.4 is 14.5 Å². The maximum Gasteiger partial charge on any atom is 0.238 e. The van der Waals surface area contributed by atoms with E-state index in [0.717, 1.165) is 24.4 Å². The van der Waals surface area contributed by atoms with Crippen molar-refractivity contribution in [2.75, 3.05) is 43.2 Å². The Bertz CT molecular complexity index is 1670. The second-order valence-electron chi connectivity index (χ2n) is 11.4. The molecule has 5 aliphatic rings. The van der Waals surface area contributed by atoms with Gasteiger partial charge in [-0.25, -0.2) is 0 Å². The van der Waals surface area contributed by atoms with Crippen LogP contribution in [0.2, 0.25) is 0 Å². The summed E-state index contributed by atoms with van der Waals surface area (Å²) in [5.74, 6) is -3.36. The summed E-state index contributed by atoms with van der Waals surface area (Å²) in [5.41, 5.74) is 3.36. The third-order valence-corrected chi connectivity index (χ3v) is 9.95. The molecule has 1 N–H and O–H groups in total. The molecule has 7 rings (SSSR count). The number of benzene rings is 2. The molecule has 43 heavy (non-hydrogen) atoms. The molecule has 4 atom stereocenters. The van der Waals surface area contributed by atoms with Crippen molar-refractivity contribution in [3.8, 4) is 11.5 Å². The number of methoxy groups -OCH3 is 1. The number of rotatable bonds is 4. The monoisotopic (exact) mass is 644 g/mol. The number of Topliss-reactive ketones (excluding diaryl/α,β-unsaturated/α-hetero) is 1. The molecule has 10 heteroatoms. The molecule has 2 fully saturated rings. The van der Waals surface area contributed by atoms with Gasteiger partial charge in [0.05, 0.1) is 42.3 Å². The standard InChI is InChI=1S/C33H29BrN2O7/c1-42-19-6-7-21(26(37)14-19)28-20-8-9-22-29(23(20)15-24-30(28)27(38)16-25(34)31(24)39)33(41)36(32(22)40)18-4-2-17(3-5-18)35-10-12-43-13-11-35/h2-8,14,16,22-23,28-29,37H,9-13,15H2,1H3/t22-,23+,28+,29-/m0/s1. The van der Waals surface area contributed by atoms with E-state index in [2.05, 4.69) is 20.8 Å². The van der Waals surface area contributed by atoms with Crippen molar-refractivity contribution in [3.63, 3.8) is 0 Å². The van der Waals surface area contributed by atoms with Crippen molar-refractivity contribution in [2.24, 2.45) is 17.8 Å². The molecule has 0 bridgehead atoms. The van der Waals surface area contributed by atoms with E-state index in [0.29, 0.717) is 47.8 Å². The normalized spacial score (nSPS) is 27.0. The van der Waals surface area contributed by atoms with Crippen molar-refractivity contribution in [2.45, 2.75) is 18.8 Å². The van der Waals surface area contributed by atoms with Gasteiger partial charge in [-0.2, -0.15) is 0 Å². The van der Waals surface area contributed by atoms with Crippen LogP contribution >= 0.6 is 15.9 Å². The van der Waals surface area contributed by atoms with Crippen LogP contribution in [0.25, 0.3) is 0 Å². The number of aromatic hydroxyl groups is 1. The number of morpholine rings is 1. The number of carbonyl (C=O) groups is 4. The summed E-state index contributed by atoms with van der Waals surface area (Å²) in [6, 6.07) is 12.3. The van der Waals surface area contributed by atoms with Crippen molar-refractivity contribution >= 4 is 50.7 Å². The largest absolute Gasteiger partial charge is 0.507 e. The second-order valence-corrected chi connectivity index (χ2v) is 12.3. The molecule has 2 heterocycles. The zero-order valence-electron chi connectivity index (χ0n) is 23.4. The number of imide groups is 1. The maximum atomic E-state index is 14.2. The van der Waals surface area contributed by atoms with Crippen molar-refractivity contribution in [3.05, 3.63) is 81.4 Å². The Balaban J connectivity index is 1.27. The fourth-order valence-electron chi connectivity index (χ4n) is 7.35. The Hall–Kier alpha value is -4.02. The topological polar surface area (TPSA) is 113 Å². The molecule has 2 saturated heterocycles. The van der Waals surface area contributed by atoms with Crippen LogP contribution in [0.15, 0.2) is 75.8 Å². The highest BCUT2D eigenvalue weighted by molar-refractivity contribution is 9.12. The summed E-state index contributed by atoms with van der Waals surface area (Å²) in [6.45, 7) is 2.85. The molecule has 2 amide bonds. The highest BCUT2D eigenvalue weighted by Crippen LogP contribution is 2.56. The molecule has 0 radical (unpaired) electrons. The SMILES string of the molecule is COc1ccc([C@H]2C3=CC[C@@H]4C(=O)N(c5ccc(N6CCOCC6)cc5)C(=O)[C@@H]4[C@@H]3CC3=C2C(=O)C=C(Br)C3=O)c(O)c1. The van der Waals surface area contributed by atoms with Crippen molar-refractivity contribution in [1.82, 2.24) is 0 Å². The number of allylic oxidation sites excluding steroid dienone is 6. The van der Waals surface area contributed by atoms with E-state index in [-0.39, 0.29) is 40.0 Å². The van der Waals surface area contributed by atoms with Gasteiger partial charge >= 0.3 is 0 Å². The predicted octanol–water partition coefficient (Wildman–Crippen LogP) is 4.20. The number of fused-ring (bicyclic) bond motifs is 3. The quantitative estimate of drug-likeness (QED) is 0.299. The maximum absolute atomic E-state index is 14.2. The first-order valence-corrected chi connectivity index (χ1v) is 15.1. The van der Waals surface area contributed by atoms with Crippen LogP contribution in [0.4, 0.5) is 11.4 Å². The summed E-state index contributed by atoms with van der Waals surface area (Å²) in [6.07, 6.45) is 3.69. The second kappa shape index (κ2) is 10.6. The van der Waals surface area contributed by atoms with Crippen LogP contribution in [-0.4, -0.2) is 61.9 Å². The van der Waals surface area contributed by atoms with E-state index in [1.165, 1.54) is 24.2 Å². The lowest BCUT2D eigenvalue weighted by atomic mass is 9.59. The van der Waals surface area contributed by atoms with Gasteiger partial charge in [0, 0.05) is 53.5 Å². The van der Waals surface area contributed by atoms with Gasteiger partial charge in [-0.1, -0.05) is 17.7 Å². The smallest absolute Gasteiger partial charge is 0.238 e. The van der Waals surface area contributed by atoms with Crippen LogP contribution in [0.5, 0.6) is 11.5 Å². The lowest BCUT2D eigenvalue weighted by Gasteiger charge is -2.42. The van der Waals surface area contributed by atoms with Gasteiger partial charge in [-0.05, 0) is 65.0 Å². The number of hydrogen-bond acceptors (Lipinski definition) is 8. The molecule has 0 spiro atoms. The number of ketones is 2. The third kappa shape index (κ3) is 4.38. The van der Waals surface area contributed by atoms with Crippen molar-refractivity contribution < 1.29 is 33.8 Å². The highest BCUT2D eigenvalue weighted by atomic mass is 79.9. The molecular weight excluding hydrogens is 616 g/mol. The molecule has 220 valence electrons. The summed E-state index contributed by atoms with van der Waals surface area (Å²) >= 11 is 3.24. The number of phenolic OH excluding ortho intramolecular Hbond substituents is 1. The van der Waals surface area contributed by atoms with E-state index in [1.54, 1.807) is 24.3 Å². The predicted molar refractivity (Wildman–Crippen MR) is 161 cm³/mol. The average molecular weight is 646 g/mol. The Morgan fingerprint density at radius 1 is 0.953 bits per heavy atom. The number of anilines is 2. The summed E-state index contributed by atoms with van der Waals surface area (Å²) in [7, 11) is 1.49. The van der Waals surface area contributed by atoms with E-state index in [1.807, 2.05) is 18.2 Å². The molecule has 2 aromatic carbocycles. The fourth-order valence-corrected chi connectivity index (χ4v) is 7.79. The molecule has 0 unspecified atom stereocenters. The molecule has 0 saturated carbocycles. The lowest BCUT2D eigenvalue weighted by Crippen LogP contribution is -2.39. The zero-order valence-corrected chi connectivity index (χ0v) is 25.0. The third-order valence-electron chi connectivity index (χ3n) is 9.36. The molecular formula is C33H29BrN2O7. The van der Waals surface area contributed by atoms with E-state index < -0.39 is 23.7 Å². The number of hydrogen-bond donors (Lipinski definition) is 1. The first-order chi connectivity index (χ1) is 20.8. The molecule has 3 aliphatic carbocycles. The Morgan fingerprint density at radius 2 is 1.67 bits per heavy atom. The van der Waals surface area contributed by atoms with Crippen LogP contribution in [0.3, 0.4) is 0 Å². The Labute approximate surface area is 256 Å². The average Bonchev–Trinajstić information content (AvgIpc) is 3.28. The number of carbonyl (C=O) groups excluding carboxylic acids is 4. The van der Waals surface area contributed by atoms with Gasteiger partial charge in [0.15, 0.2) is 11.6 Å². The van der Waals surface area contributed by atoms with Gasteiger partial charge in [0.1, 0.15) is 11.5 Å². The van der Waals surface area contributed by atoms with Gasteiger partial charge < -0.3 is 19.5 Å². The van der Waals surface area contributed by atoms with Gasteiger partial charge in [-0.15, -0.1) is 0 Å². The summed E-state index contributed by atoms with van der Waals surface area (Å²) < 4.78 is 10.9. The first-order valence-electron chi connectivity index (χ1n) is 14.3. The molecule has 0 aromatic heterocycles.